The molecule has 8 aromatic carbocycles. The summed E-state index contributed by atoms with van der Waals surface area (Å²) in [6.45, 7) is 0. The zero-order valence-corrected chi connectivity index (χ0v) is 29.1. The molecule has 252 valence electrons. The first-order chi connectivity index (χ1) is 26.8. The summed E-state index contributed by atoms with van der Waals surface area (Å²) in [5.74, 6) is 3.72. The van der Waals surface area contributed by atoms with E-state index in [1.807, 2.05) is 30.3 Å². The molecule has 1 spiro atoms. The Morgan fingerprint density at radius 3 is 1.59 bits per heavy atom. The Bertz CT molecular complexity index is 2870. The molecule has 0 saturated heterocycles. The van der Waals surface area contributed by atoms with Gasteiger partial charge in [0.15, 0.2) is 17.5 Å². The lowest BCUT2D eigenvalue weighted by molar-refractivity contribution is 0.436. The zero-order chi connectivity index (χ0) is 35.6. The molecule has 0 radical (unpaired) electrons. The van der Waals surface area contributed by atoms with E-state index in [0.717, 1.165) is 55.7 Å². The first-order valence-electron chi connectivity index (χ1n) is 18.3. The van der Waals surface area contributed by atoms with Crippen LogP contribution in [-0.4, -0.2) is 15.0 Å². The third-order valence-electron chi connectivity index (χ3n) is 11.0. The molecule has 0 bridgehead atoms. The Kier molecular flexibility index (Phi) is 6.73. The summed E-state index contributed by atoms with van der Waals surface area (Å²) in [6, 6.07) is 66.1. The summed E-state index contributed by atoms with van der Waals surface area (Å²) in [7, 11) is 0. The van der Waals surface area contributed by atoms with Crippen LogP contribution in [-0.2, 0) is 5.41 Å². The SMILES string of the molecule is c1ccc(-c2nc(-c3ccc(-c4cccc5c4-c4ccccc4C54c5ccccc5Oc5ccccc54)cc3)nc(-c3cccc4ccccc34)n2)cc1. The van der Waals surface area contributed by atoms with Gasteiger partial charge < -0.3 is 4.74 Å². The van der Waals surface area contributed by atoms with Gasteiger partial charge in [0.25, 0.3) is 0 Å². The van der Waals surface area contributed by atoms with Crippen LogP contribution in [0.2, 0.25) is 0 Å². The largest absolute Gasteiger partial charge is 0.457 e. The number of fused-ring (bicyclic) bond motifs is 10. The third kappa shape index (κ3) is 4.47. The molecule has 0 saturated carbocycles. The van der Waals surface area contributed by atoms with Gasteiger partial charge in [0, 0.05) is 27.8 Å². The number of hydrogen-bond acceptors (Lipinski definition) is 4. The molecule has 0 unspecified atom stereocenters. The molecule has 0 atom stereocenters. The van der Waals surface area contributed by atoms with E-state index in [4.69, 9.17) is 19.7 Å². The number of para-hydroxylation sites is 2. The molecule has 4 nitrogen and oxygen atoms in total. The Hall–Kier alpha value is -7.17. The predicted molar refractivity (Wildman–Crippen MR) is 216 cm³/mol. The second-order valence-electron chi connectivity index (χ2n) is 13.9. The van der Waals surface area contributed by atoms with Crippen molar-refractivity contribution in [1.29, 1.82) is 0 Å². The zero-order valence-electron chi connectivity index (χ0n) is 29.1. The standard InChI is InChI=1S/C50H31N3O/c1-2-15-34(16-3-1)47-51-48(53-49(52-47)38-21-12-17-32-14-4-5-18-36(32)38)35-30-28-33(29-31-35)37-20-13-25-43-46(37)39-19-6-7-22-40(39)50(43)41-23-8-10-26-44(41)54-45-27-11-9-24-42(45)50/h1-31H. The summed E-state index contributed by atoms with van der Waals surface area (Å²) in [6.07, 6.45) is 0. The minimum absolute atomic E-state index is 0.510. The fourth-order valence-corrected chi connectivity index (χ4v) is 8.70. The van der Waals surface area contributed by atoms with E-state index in [1.54, 1.807) is 0 Å². The van der Waals surface area contributed by atoms with Crippen molar-refractivity contribution in [3.8, 4) is 67.9 Å². The van der Waals surface area contributed by atoms with Crippen molar-refractivity contribution in [2.24, 2.45) is 0 Å². The van der Waals surface area contributed by atoms with E-state index in [-0.39, 0.29) is 0 Å². The van der Waals surface area contributed by atoms with Crippen molar-refractivity contribution in [1.82, 2.24) is 15.0 Å². The molecular formula is C50H31N3O. The van der Waals surface area contributed by atoms with Gasteiger partial charge in [-0.05, 0) is 56.3 Å². The van der Waals surface area contributed by atoms with Gasteiger partial charge in [0.05, 0.1) is 5.41 Å². The van der Waals surface area contributed by atoms with Gasteiger partial charge in [-0.1, -0.05) is 176 Å². The molecule has 11 rings (SSSR count). The second kappa shape index (κ2) is 11.9. The molecule has 0 amide bonds. The van der Waals surface area contributed by atoms with Gasteiger partial charge in [-0.2, -0.15) is 0 Å². The van der Waals surface area contributed by atoms with Crippen molar-refractivity contribution in [2.75, 3.05) is 0 Å². The molecule has 0 fully saturated rings. The van der Waals surface area contributed by atoms with Crippen LogP contribution < -0.4 is 4.74 Å². The second-order valence-corrected chi connectivity index (χ2v) is 13.9. The molecule has 4 heteroatoms. The van der Waals surface area contributed by atoms with Crippen molar-refractivity contribution >= 4 is 10.8 Å². The van der Waals surface area contributed by atoms with Gasteiger partial charge in [0.2, 0.25) is 0 Å². The lowest BCUT2D eigenvalue weighted by atomic mass is 9.66. The van der Waals surface area contributed by atoms with E-state index in [1.165, 1.54) is 27.8 Å². The van der Waals surface area contributed by atoms with Crippen LogP contribution in [0, 0.1) is 0 Å². The smallest absolute Gasteiger partial charge is 0.164 e. The van der Waals surface area contributed by atoms with E-state index in [2.05, 4.69) is 158 Å². The average Bonchev–Trinajstić information content (AvgIpc) is 3.54. The van der Waals surface area contributed by atoms with Crippen LogP contribution in [0.5, 0.6) is 11.5 Å². The minimum Gasteiger partial charge on any atom is -0.457 e. The van der Waals surface area contributed by atoms with E-state index in [0.29, 0.717) is 17.5 Å². The molecule has 2 heterocycles. The highest BCUT2D eigenvalue weighted by Crippen LogP contribution is 2.63. The van der Waals surface area contributed by atoms with E-state index in [9.17, 15) is 0 Å². The van der Waals surface area contributed by atoms with Gasteiger partial charge in [-0.25, -0.2) is 15.0 Å². The molecule has 1 aliphatic heterocycles. The summed E-state index contributed by atoms with van der Waals surface area (Å²) < 4.78 is 6.54. The molecule has 2 aliphatic rings. The van der Waals surface area contributed by atoms with Crippen LogP contribution >= 0.6 is 0 Å². The van der Waals surface area contributed by atoms with Gasteiger partial charge in [-0.3, -0.25) is 0 Å². The highest BCUT2D eigenvalue weighted by atomic mass is 16.5. The topological polar surface area (TPSA) is 47.9 Å². The van der Waals surface area contributed by atoms with Crippen LogP contribution in [0.25, 0.3) is 67.2 Å². The molecule has 9 aromatic rings. The van der Waals surface area contributed by atoms with Crippen molar-refractivity contribution in [2.45, 2.75) is 5.41 Å². The van der Waals surface area contributed by atoms with Gasteiger partial charge >= 0.3 is 0 Å². The number of benzene rings is 8. The predicted octanol–water partition coefficient (Wildman–Crippen LogP) is 12.2. The third-order valence-corrected chi connectivity index (χ3v) is 11.0. The fraction of sp³-hybridized carbons (Fsp3) is 0.0200. The molecule has 1 aliphatic carbocycles. The number of ether oxygens (including phenoxy) is 1. The highest BCUT2D eigenvalue weighted by molar-refractivity contribution is 5.97. The number of nitrogens with zero attached hydrogens (tertiary/aromatic N) is 3. The Morgan fingerprint density at radius 2 is 0.833 bits per heavy atom. The Balaban J connectivity index is 1.08. The number of aromatic nitrogens is 3. The lowest BCUT2D eigenvalue weighted by Gasteiger charge is -2.39. The van der Waals surface area contributed by atoms with Crippen molar-refractivity contribution < 1.29 is 4.74 Å². The van der Waals surface area contributed by atoms with Crippen LogP contribution in [0.4, 0.5) is 0 Å². The first-order valence-corrected chi connectivity index (χ1v) is 18.3. The molecule has 0 N–H and O–H groups in total. The maximum atomic E-state index is 6.54. The lowest BCUT2D eigenvalue weighted by Crippen LogP contribution is -2.32. The van der Waals surface area contributed by atoms with Crippen molar-refractivity contribution in [3.05, 3.63) is 210 Å². The van der Waals surface area contributed by atoms with E-state index >= 15 is 0 Å². The number of hydrogen-bond donors (Lipinski definition) is 0. The fourth-order valence-electron chi connectivity index (χ4n) is 8.70. The minimum atomic E-state index is -0.510. The maximum Gasteiger partial charge on any atom is 0.164 e. The van der Waals surface area contributed by atoms with Crippen LogP contribution in [0.3, 0.4) is 0 Å². The summed E-state index contributed by atoms with van der Waals surface area (Å²) in [5.41, 5.74) is 12.0. The van der Waals surface area contributed by atoms with Crippen LogP contribution in [0.15, 0.2) is 188 Å². The van der Waals surface area contributed by atoms with Gasteiger partial charge in [-0.15, -0.1) is 0 Å². The summed E-state index contributed by atoms with van der Waals surface area (Å²) in [5, 5.41) is 2.26. The maximum absolute atomic E-state index is 6.54. The monoisotopic (exact) mass is 689 g/mol. The Labute approximate surface area is 313 Å². The van der Waals surface area contributed by atoms with Crippen molar-refractivity contribution in [3.63, 3.8) is 0 Å². The van der Waals surface area contributed by atoms with E-state index < -0.39 is 5.41 Å². The number of rotatable bonds is 4. The normalized spacial score (nSPS) is 13.1. The summed E-state index contributed by atoms with van der Waals surface area (Å²) in [4.78, 5) is 15.2. The van der Waals surface area contributed by atoms with Gasteiger partial charge in [0.1, 0.15) is 11.5 Å². The molecule has 1 aromatic heterocycles. The molecular weight excluding hydrogens is 659 g/mol. The Morgan fingerprint density at radius 1 is 0.333 bits per heavy atom. The highest BCUT2D eigenvalue weighted by Gasteiger charge is 2.51. The molecule has 54 heavy (non-hydrogen) atoms. The van der Waals surface area contributed by atoms with Crippen LogP contribution in [0.1, 0.15) is 22.3 Å². The average molecular weight is 690 g/mol. The summed E-state index contributed by atoms with van der Waals surface area (Å²) >= 11 is 0. The first kappa shape index (κ1) is 30.5. The quantitative estimate of drug-likeness (QED) is 0.185.